The number of nitrogens with one attached hydrogen (secondary N) is 1. The third-order valence-corrected chi connectivity index (χ3v) is 4.71. The first-order valence-electron chi connectivity index (χ1n) is 8.48. The Morgan fingerprint density at radius 1 is 1.08 bits per heavy atom. The van der Waals surface area contributed by atoms with E-state index in [-0.39, 0.29) is 5.75 Å². The predicted octanol–water partition coefficient (Wildman–Crippen LogP) is 3.97. The molecule has 0 amide bonds. The number of phenols is 1. The van der Waals surface area contributed by atoms with Gasteiger partial charge in [-0.1, -0.05) is 30.7 Å². The number of hydrogen-bond donors (Lipinski definition) is 2. The number of fused-ring (bicyclic) bond motifs is 1. The zero-order valence-corrected chi connectivity index (χ0v) is 14.3. The average molecular weight is 327 g/mol. The molecule has 1 aliphatic rings. The molecule has 0 bridgehead atoms. The van der Waals surface area contributed by atoms with Crippen molar-refractivity contribution in [3.05, 3.63) is 53.1 Å². The van der Waals surface area contributed by atoms with Gasteiger partial charge in [-0.2, -0.15) is 0 Å². The summed E-state index contributed by atoms with van der Waals surface area (Å²) in [6, 6.07) is 12.8. The van der Waals surface area contributed by atoms with Crippen LogP contribution in [0.4, 0.5) is 0 Å². The zero-order chi connectivity index (χ0) is 16.9. The van der Waals surface area contributed by atoms with Crippen LogP contribution in [0.5, 0.6) is 17.2 Å². The van der Waals surface area contributed by atoms with Gasteiger partial charge in [-0.3, -0.25) is 0 Å². The molecule has 1 unspecified atom stereocenters. The molecule has 0 saturated carbocycles. The van der Waals surface area contributed by atoms with Gasteiger partial charge in [-0.05, 0) is 48.1 Å². The van der Waals surface area contributed by atoms with Crippen LogP contribution in [0.25, 0.3) is 0 Å². The first-order valence-corrected chi connectivity index (χ1v) is 8.48. The van der Waals surface area contributed by atoms with Crippen molar-refractivity contribution in [3.8, 4) is 17.2 Å². The Morgan fingerprint density at radius 3 is 2.50 bits per heavy atom. The van der Waals surface area contributed by atoms with Crippen LogP contribution < -0.4 is 14.8 Å². The number of aryl methyl sites for hydroxylation is 1. The van der Waals surface area contributed by atoms with Crippen molar-refractivity contribution >= 4 is 0 Å². The van der Waals surface area contributed by atoms with Crippen LogP contribution in [-0.4, -0.2) is 19.3 Å². The second-order valence-electron chi connectivity index (χ2n) is 6.23. The Hall–Kier alpha value is -2.20. The van der Waals surface area contributed by atoms with Crippen LogP contribution in [0.15, 0.2) is 36.4 Å². The van der Waals surface area contributed by atoms with E-state index in [1.165, 1.54) is 24.0 Å². The van der Waals surface area contributed by atoms with Gasteiger partial charge in [0.2, 0.25) is 5.75 Å². The highest BCUT2D eigenvalue weighted by Crippen LogP contribution is 2.37. The quantitative estimate of drug-likeness (QED) is 0.816. The molecule has 0 aliphatic heterocycles. The molecule has 2 aromatic carbocycles. The van der Waals surface area contributed by atoms with Crippen molar-refractivity contribution in [1.29, 1.82) is 0 Å². The molecule has 4 nitrogen and oxygen atoms in total. The van der Waals surface area contributed by atoms with Crippen molar-refractivity contribution in [2.24, 2.45) is 0 Å². The Morgan fingerprint density at radius 2 is 1.79 bits per heavy atom. The van der Waals surface area contributed by atoms with E-state index in [2.05, 4.69) is 29.6 Å². The van der Waals surface area contributed by atoms with E-state index in [0.717, 1.165) is 18.4 Å². The minimum absolute atomic E-state index is 0.0450. The third-order valence-electron chi connectivity index (χ3n) is 4.71. The maximum atomic E-state index is 10.0. The summed E-state index contributed by atoms with van der Waals surface area (Å²) in [6.45, 7) is 0.700. The Kier molecular flexibility index (Phi) is 5.26. The van der Waals surface area contributed by atoms with Crippen LogP contribution in [0.2, 0.25) is 0 Å². The molecule has 128 valence electrons. The molecule has 0 heterocycles. The summed E-state index contributed by atoms with van der Waals surface area (Å²) in [5, 5.41) is 13.7. The van der Waals surface area contributed by atoms with E-state index < -0.39 is 0 Å². The van der Waals surface area contributed by atoms with E-state index in [4.69, 9.17) is 9.47 Å². The lowest BCUT2D eigenvalue weighted by atomic mass is 9.99. The summed E-state index contributed by atoms with van der Waals surface area (Å²) in [5.41, 5.74) is 3.89. The lowest BCUT2D eigenvalue weighted by molar-refractivity contribution is 0.338. The summed E-state index contributed by atoms with van der Waals surface area (Å²) < 4.78 is 10.5. The first-order chi connectivity index (χ1) is 11.7. The van der Waals surface area contributed by atoms with Crippen LogP contribution in [-0.2, 0) is 13.0 Å². The van der Waals surface area contributed by atoms with Gasteiger partial charge in [0.05, 0.1) is 14.2 Å². The summed E-state index contributed by atoms with van der Waals surface area (Å²) in [4.78, 5) is 0. The fraction of sp³-hybridized carbons (Fsp3) is 0.400. The maximum absolute atomic E-state index is 10.0. The first kappa shape index (κ1) is 16.7. The van der Waals surface area contributed by atoms with E-state index in [0.29, 0.717) is 24.1 Å². The molecule has 4 heteroatoms. The third kappa shape index (κ3) is 3.49. The molecular weight excluding hydrogens is 302 g/mol. The second-order valence-corrected chi connectivity index (χ2v) is 6.23. The van der Waals surface area contributed by atoms with Gasteiger partial charge in [-0.15, -0.1) is 0 Å². The van der Waals surface area contributed by atoms with Crippen molar-refractivity contribution in [2.75, 3.05) is 14.2 Å². The van der Waals surface area contributed by atoms with Crippen LogP contribution in [0.3, 0.4) is 0 Å². The van der Waals surface area contributed by atoms with Crippen LogP contribution in [0.1, 0.15) is 42.0 Å². The molecule has 1 atom stereocenters. The lowest BCUT2D eigenvalue weighted by Gasteiger charge is -2.20. The van der Waals surface area contributed by atoms with Gasteiger partial charge in [0.1, 0.15) is 0 Å². The van der Waals surface area contributed by atoms with E-state index >= 15 is 0 Å². The molecule has 0 aromatic heterocycles. The number of benzene rings is 2. The molecule has 0 spiro atoms. The molecule has 3 rings (SSSR count). The monoisotopic (exact) mass is 327 g/mol. The summed E-state index contributed by atoms with van der Waals surface area (Å²) >= 11 is 0. The highest BCUT2D eigenvalue weighted by atomic mass is 16.5. The van der Waals surface area contributed by atoms with Gasteiger partial charge in [0.15, 0.2) is 11.5 Å². The standard InChI is InChI=1S/C20H25NO3/c1-23-18-11-14(12-19(24-2)20(18)22)13-21-17-10-6-4-8-15-7-3-5-9-16(15)17/h3,5,7,9,11-12,17,21-22H,4,6,8,10,13H2,1-2H3. The Bertz CT molecular complexity index is 674. The van der Waals surface area contributed by atoms with Crippen LogP contribution in [0, 0.1) is 0 Å². The second kappa shape index (κ2) is 7.58. The number of rotatable bonds is 5. The van der Waals surface area contributed by atoms with Crippen molar-refractivity contribution in [2.45, 2.75) is 38.3 Å². The molecule has 0 radical (unpaired) electrons. The summed E-state index contributed by atoms with van der Waals surface area (Å²) in [6.07, 6.45) is 4.78. The minimum atomic E-state index is 0.0450. The fourth-order valence-electron chi connectivity index (χ4n) is 3.42. The zero-order valence-electron chi connectivity index (χ0n) is 14.3. The highest BCUT2D eigenvalue weighted by molar-refractivity contribution is 5.52. The number of methoxy groups -OCH3 is 2. The molecule has 2 aromatic rings. The van der Waals surface area contributed by atoms with Gasteiger partial charge >= 0.3 is 0 Å². The largest absolute Gasteiger partial charge is 0.502 e. The molecule has 0 saturated heterocycles. The van der Waals surface area contributed by atoms with E-state index in [1.807, 2.05) is 12.1 Å². The fourth-order valence-corrected chi connectivity index (χ4v) is 3.42. The van der Waals surface area contributed by atoms with Gasteiger partial charge in [0.25, 0.3) is 0 Å². The van der Waals surface area contributed by atoms with Crippen molar-refractivity contribution < 1.29 is 14.6 Å². The minimum Gasteiger partial charge on any atom is -0.502 e. The summed E-state index contributed by atoms with van der Waals surface area (Å²) in [7, 11) is 3.10. The van der Waals surface area contributed by atoms with Gasteiger partial charge in [-0.25, -0.2) is 0 Å². The highest BCUT2D eigenvalue weighted by Gasteiger charge is 2.18. The van der Waals surface area contributed by atoms with Gasteiger partial charge in [0, 0.05) is 12.6 Å². The van der Waals surface area contributed by atoms with Crippen molar-refractivity contribution in [1.82, 2.24) is 5.32 Å². The van der Waals surface area contributed by atoms with Crippen molar-refractivity contribution in [3.63, 3.8) is 0 Å². The topological polar surface area (TPSA) is 50.7 Å². The Balaban J connectivity index is 1.78. The molecule has 24 heavy (non-hydrogen) atoms. The maximum Gasteiger partial charge on any atom is 0.200 e. The van der Waals surface area contributed by atoms with E-state index in [1.54, 1.807) is 14.2 Å². The van der Waals surface area contributed by atoms with E-state index in [9.17, 15) is 5.11 Å². The molecular formula is C20H25NO3. The average Bonchev–Trinajstić information content (AvgIpc) is 2.83. The molecule has 1 aliphatic carbocycles. The molecule has 2 N–H and O–H groups in total. The predicted molar refractivity (Wildman–Crippen MR) is 94.8 cm³/mol. The summed E-state index contributed by atoms with van der Waals surface area (Å²) in [5.74, 6) is 0.920. The normalized spacial score (nSPS) is 17.0. The number of aromatic hydroxyl groups is 1. The SMILES string of the molecule is COc1cc(CNC2CCCCc3ccccc32)cc(OC)c1O. The Labute approximate surface area is 143 Å². The number of ether oxygens (including phenoxy) is 2. The number of phenolic OH excluding ortho intramolecular Hbond substituents is 1. The van der Waals surface area contributed by atoms with Gasteiger partial charge < -0.3 is 19.9 Å². The number of hydrogen-bond acceptors (Lipinski definition) is 4. The van der Waals surface area contributed by atoms with Crippen LogP contribution >= 0.6 is 0 Å². The lowest BCUT2D eigenvalue weighted by Crippen LogP contribution is -2.21. The smallest absolute Gasteiger partial charge is 0.200 e. The molecule has 0 fully saturated rings.